The van der Waals surface area contributed by atoms with Crippen LogP contribution in [0.2, 0.25) is 0 Å². The summed E-state index contributed by atoms with van der Waals surface area (Å²) >= 11 is 0. The number of likely N-dealkylation sites (tertiary alicyclic amines) is 1. The van der Waals surface area contributed by atoms with E-state index in [0.29, 0.717) is 18.0 Å². The number of hydrogen-bond acceptors (Lipinski definition) is 4. The Bertz CT molecular complexity index is 513. The lowest BCUT2D eigenvalue weighted by atomic mass is 10.1. The number of ether oxygens (including phenoxy) is 2. The average molecular weight is 306 g/mol. The third kappa shape index (κ3) is 4.95. The summed E-state index contributed by atoms with van der Waals surface area (Å²) in [5.74, 6) is 0.545. The van der Waals surface area contributed by atoms with Crippen molar-refractivity contribution in [1.82, 2.24) is 4.90 Å². The fraction of sp³-hybridized carbons (Fsp3) is 0.500. The fourth-order valence-electron chi connectivity index (χ4n) is 2.33. The Morgan fingerprint density at radius 1 is 1.23 bits per heavy atom. The monoisotopic (exact) mass is 306 g/mol. The lowest BCUT2D eigenvalue weighted by Gasteiger charge is -2.26. The maximum atomic E-state index is 12.0. The Kier molecular flexibility index (Phi) is 6.06. The molecule has 1 saturated heterocycles. The minimum atomic E-state index is -0.510. The van der Waals surface area contributed by atoms with E-state index >= 15 is 0 Å². The normalized spacial score (nSPS) is 14.3. The number of nitrogens with zero attached hydrogens (tertiary/aromatic N) is 1. The van der Waals surface area contributed by atoms with Crippen LogP contribution in [0.15, 0.2) is 24.3 Å². The van der Waals surface area contributed by atoms with Gasteiger partial charge in [-0.3, -0.25) is 10.1 Å². The summed E-state index contributed by atoms with van der Waals surface area (Å²) in [6.07, 6.45) is 2.80. The lowest BCUT2D eigenvalue weighted by molar-refractivity contribution is -0.134. The largest absolute Gasteiger partial charge is 0.484 e. The molecule has 1 fully saturated rings. The number of nitrogens with one attached hydrogen (secondary N) is 1. The third-order valence-corrected chi connectivity index (χ3v) is 3.43. The van der Waals surface area contributed by atoms with E-state index in [1.807, 2.05) is 4.90 Å². The predicted octanol–water partition coefficient (Wildman–Crippen LogP) is 2.65. The zero-order valence-electron chi connectivity index (χ0n) is 12.8. The molecule has 2 amide bonds. The molecule has 1 aromatic rings. The molecule has 1 aliphatic rings. The molecular weight excluding hydrogens is 284 g/mol. The molecule has 0 unspecified atom stereocenters. The topological polar surface area (TPSA) is 67.9 Å². The van der Waals surface area contributed by atoms with E-state index in [0.717, 1.165) is 25.9 Å². The van der Waals surface area contributed by atoms with Gasteiger partial charge in [0.25, 0.3) is 5.91 Å². The van der Waals surface area contributed by atoms with Crippen LogP contribution in [0.5, 0.6) is 5.75 Å². The van der Waals surface area contributed by atoms with Crippen LogP contribution in [0.3, 0.4) is 0 Å². The zero-order valence-corrected chi connectivity index (χ0v) is 12.8. The molecule has 0 saturated carbocycles. The molecule has 1 aromatic carbocycles. The van der Waals surface area contributed by atoms with Gasteiger partial charge in [-0.2, -0.15) is 0 Å². The molecular formula is C16H22N2O4. The van der Waals surface area contributed by atoms with Gasteiger partial charge in [-0.15, -0.1) is 0 Å². The van der Waals surface area contributed by atoms with Gasteiger partial charge in [-0.25, -0.2) is 4.79 Å². The quantitative estimate of drug-likeness (QED) is 0.908. The number of carbonyl (C=O) groups excluding carboxylic acids is 2. The second-order valence-corrected chi connectivity index (χ2v) is 5.10. The van der Waals surface area contributed by atoms with Gasteiger partial charge in [0.05, 0.1) is 6.61 Å². The van der Waals surface area contributed by atoms with Crippen molar-refractivity contribution in [2.45, 2.75) is 26.2 Å². The van der Waals surface area contributed by atoms with Gasteiger partial charge in [0.2, 0.25) is 0 Å². The molecule has 1 N–H and O–H groups in total. The summed E-state index contributed by atoms with van der Waals surface area (Å²) in [6.45, 7) is 3.69. The van der Waals surface area contributed by atoms with Crippen LogP contribution in [-0.2, 0) is 9.53 Å². The van der Waals surface area contributed by atoms with E-state index in [1.54, 1.807) is 31.2 Å². The van der Waals surface area contributed by atoms with Crippen LogP contribution in [-0.4, -0.2) is 43.2 Å². The van der Waals surface area contributed by atoms with Crippen molar-refractivity contribution in [2.24, 2.45) is 0 Å². The molecule has 0 radical (unpaired) electrons. The number of hydrogen-bond donors (Lipinski definition) is 1. The second-order valence-electron chi connectivity index (χ2n) is 5.10. The van der Waals surface area contributed by atoms with Gasteiger partial charge in [0.1, 0.15) is 5.75 Å². The van der Waals surface area contributed by atoms with E-state index < -0.39 is 6.09 Å². The first kappa shape index (κ1) is 16.1. The molecule has 0 aliphatic carbocycles. The van der Waals surface area contributed by atoms with E-state index in [-0.39, 0.29) is 12.5 Å². The van der Waals surface area contributed by atoms with Crippen LogP contribution >= 0.6 is 0 Å². The van der Waals surface area contributed by atoms with Crippen LogP contribution in [0.25, 0.3) is 0 Å². The van der Waals surface area contributed by atoms with Gasteiger partial charge in [-0.1, -0.05) is 6.07 Å². The molecule has 2 rings (SSSR count). The van der Waals surface area contributed by atoms with E-state index in [4.69, 9.17) is 9.47 Å². The second kappa shape index (κ2) is 8.26. The molecule has 0 aromatic heterocycles. The van der Waals surface area contributed by atoms with Crippen molar-refractivity contribution in [2.75, 3.05) is 31.6 Å². The standard InChI is InChI=1S/C16H22N2O4/c1-2-21-16(20)17-13-7-6-8-14(11-13)22-12-15(19)18-9-4-3-5-10-18/h6-8,11H,2-5,9-10,12H2,1H3,(H,17,20). The van der Waals surface area contributed by atoms with Crippen molar-refractivity contribution in [3.8, 4) is 5.75 Å². The molecule has 6 heteroatoms. The Hall–Kier alpha value is -2.24. The Balaban J connectivity index is 1.84. The molecule has 0 atom stereocenters. The molecule has 120 valence electrons. The maximum Gasteiger partial charge on any atom is 0.411 e. The Labute approximate surface area is 130 Å². The van der Waals surface area contributed by atoms with Crippen LogP contribution in [0, 0.1) is 0 Å². The minimum absolute atomic E-state index is 0.00320. The SMILES string of the molecule is CCOC(=O)Nc1cccc(OCC(=O)N2CCCCC2)c1. The number of anilines is 1. The van der Waals surface area contributed by atoms with Crippen molar-refractivity contribution >= 4 is 17.7 Å². The third-order valence-electron chi connectivity index (χ3n) is 3.43. The van der Waals surface area contributed by atoms with E-state index in [1.165, 1.54) is 6.42 Å². The van der Waals surface area contributed by atoms with Gasteiger partial charge in [0, 0.05) is 24.8 Å². The summed E-state index contributed by atoms with van der Waals surface area (Å²) in [4.78, 5) is 25.2. The Morgan fingerprint density at radius 3 is 2.73 bits per heavy atom. The van der Waals surface area contributed by atoms with Gasteiger partial charge in [-0.05, 0) is 38.3 Å². The molecule has 1 heterocycles. The minimum Gasteiger partial charge on any atom is -0.484 e. The number of piperidine rings is 1. The number of carbonyl (C=O) groups is 2. The molecule has 6 nitrogen and oxygen atoms in total. The number of benzene rings is 1. The first-order valence-corrected chi connectivity index (χ1v) is 7.63. The first-order valence-electron chi connectivity index (χ1n) is 7.63. The number of amides is 2. The molecule has 0 bridgehead atoms. The van der Waals surface area contributed by atoms with Gasteiger partial charge < -0.3 is 14.4 Å². The van der Waals surface area contributed by atoms with Crippen molar-refractivity contribution in [1.29, 1.82) is 0 Å². The van der Waals surface area contributed by atoms with E-state index in [2.05, 4.69) is 5.32 Å². The smallest absolute Gasteiger partial charge is 0.411 e. The zero-order chi connectivity index (χ0) is 15.8. The van der Waals surface area contributed by atoms with Crippen LogP contribution < -0.4 is 10.1 Å². The predicted molar refractivity (Wildman–Crippen MR) is 83.0 cm³/mol. The van der Waals surface area contributed by atoms with Crippen LogP contribution in [0.1, 0.15) is 26.2 Å². The fourth-order valence-corrected chi connectivity index (χ4v) is 2.33. The van der Waals surface area contributed by atoms with Crippen LogP contribution in [0.4, 0.5) is 10.5 Å². The summed E-state index contributed by atoms with van der Waals surface area (Å²) in [6, 6.07) is 6.90. The summed E-state index contributed by atoms with van der Waals surface area (Å²) in [5.41, 5.74) is 0.571. The highest BCUT2D eigenvalue weighted by Gasteiger charge is 2.16. The summed E-state index contributed by atoms with van der Waals surface area (Å²) < 4.78 is 10.3. The van der Waals surface area contributed by atoms with Gasteiger partial charge >= 0.3 is 6.09 Å². The summed E-state index contributed by atoms with van der Waals surface area (Å²) in [7, 11) is 0. The van der Waals surface area contributed by atoms with Crippen molar-refractivity contribution in [3.05, 3.63) is 24.3 Å². The lowest BCUT2D eigenvalue weighted by Crippen LogP contribution is -2.38. The van der Waals surface area contributed by atoms with E-state index in [9.17, 15) is 9.59 Å². The van der Waals surface area contributed by atoms with Gasteiger partial charge in [0.15, 0.2) is 6.61 Å². The Morgan fingerprint density at radius 2 is 2.00 bits per heavy atom. The van der Waals surface area contributed by atoms with Crippen molar-refractivity contribution in [3.63, 3.8) is 0 Å². The average Bonchev–Trinajstić information content (AvgIpc) is 2.54. The highest BCUT2D eigenvalue weighted by atomic mass is 16.5. The molecule has 0 spiro atoms. The number of rotatable bonds is 5. The maximum absolute atomic E-state index is 12.0. The highest BCUT2D eigenvalue weighted by Crippen LogP contribution is 2.18. The molecule has 22 heavy (non-hydrogen) atoms. The molecule has 1 aliphatic heterocycles. The highest BCUT2D eigenvalue weighted by molar-refractivity contribution is 5.84. The van der Waals surface area contributed by atoms with Crippen molar-refractivity contribution < 1.29 is 19.1 Å². The first-order chi connectivity index (χ1) is 10.7. The summed E-state index contributed by atoms with van der Waals surface area (Å²) in [5, 5.41) is 2.60.